The van der Waals surface area contributed by atoms with Crippen LogP contribution in [0.15, 0.2) is 24.3 Å². The summed E-state index contributed by atoms with van der Waals surface area (Å²) in [6, 6.07) is 6.70. The van der Waals surface area contributed by atoms with Gasteiger partial charge in [0.1, 0.15) is 5.82 Å². The highest BCUT2D eigenvalue weighted by molar-refractivity contribution is 5.46. The first kappa shape index (κ1) is 13.0. The fourth-order valence-electron chi connectivity index (χ4n) is 1.69. The summed E-state index contributed by atoms with van der Waals surface area (Å²) in [4.78, 5) is 1.86. The van der Waals surface area contributed by atoms with Gasteiger partial charge in [0.05, 0.1) is 5.69 Å². The Labute approximate surface area is 96.7 Å². The number of hydrogen-bond donors (Lipinski definition) is 1. The maximum atomic E-state index is 13.5. The molecule has 0 saturated heterocycles. The molecule has 0 bridgehead atoms. The molecule has 0 aromatic heterocycles. The summed E-state index contributed by atoms with van der Waals surface area (Å²) in [6.45, 7) is 4.93. The number of halogens is 1. The number of rotatable bonds is 5. The second-order valence-corrected chi connectivity index (χ2v) is 4.52. The zero-order valence-corrected chi connectivity index (χ0v) is 10.2. The molecule has 1 N–H and O–H groups in total. The van der Waals surface area contributed by atoms with E-state index in [2.05, 4.69) is 13.8 Å². The van der Waals surface area contributed by atoms with Crippen molar-refractivity contribution >= 4 is 5.69 Å². The third kappa shape index (κ3) is 3.20. The molecule has 0 spiro atoms. The Morgan fingerprint density at radius 1 is 1.31 bits per heavy atom. The lowest BCUT2D eigenvalue weighted by molar-refractivity contribution is 0.193. The van der Waals surface area contributed by atoms with Crippen LogP contribution in [0.3, 0.4) is 0 Å². The van der Waals surface area contributed by atoms with E-state index in [0.29, 0.717) is 18.2 Å². The van der Waals surface area contributed by atoms with Crippen LogP contribution in [0.4, 0.5) is 10.1 Å². The molecule has 0 amide bonds. The van der Waals surface area contributed by atoms with E-state index in [0.717, 1.165) is 0 Å². The number of benzene rings is 1. The molecule has 1 atom stereocenters. The summed E-state index contributed by atoms with van der Waals surface area (Å²) < 4.78 is 13.5. The Bertz CT molecular complexity index is 327. The molecule has 0 saturated carbocycles. The van der Waals surface area contributed by atoms with Gasteiger partial charge in [-0.05, 0) is 18.1 Å². The van der Waals surface area contributed by atoms with Gasteiger partial charge < -0.3 is 10.0 Å². The summed E-state index contributed by atoms with van der Waals surface area (Å²) in [5.41, 5.74) is 0.585. The van der Waals surface area contributed by atoms with Crippen molar-refractivity contribution in [2.24, 2.45) is 11.8 Å². The lowest BCUT2D eigenvalue weighted by Crippen LogP contribution is -2.31. The maximum Gasteiger partial charge on any atom is 0.146 e. The van der Waals surface area contributed by atoms with E-state index >= 15 is 0 Å². The monoisotopic (exact) mass is 225 g/mol. The van der Waals surface area contributed by atoms with Gasteiger partial charge in [-0.25, -0.2) is 4.39 Å². The zero-order chi connectivity index (χ0) is 12.1. The van der Waals surface area contributed by atoms with Gasteiger partial charge in [0.15, 0.2) is 0 Å². The highest BCUT2D eigenvalue weighted by Gasteiger charge is 2.16. The Morgan fingerprint density at radius 2 is 1.94 bits per heavy atom. The van der Waals surface area contributed by atoms with Gasteiger partial charge in [0.2, 0.25) is 0 Å². The van der Waals surface area contributed by atoms with Crippen LogP contribution in [0.5, 0.6) is 0 Å². The molecule has 0 radical (unpaired) electrons. The lowest BCUT2D eigenvalue weighted by atomic mass is 9.96. The minimum absolute atomic E-state index is 0.135. The van der Waals surface area contributed by atoms with Gasteiger partial charge in [-0.2, -0.15) is 0 Å². The van der Waals surface area contributed by atoms with Crippen LogP contribution < -0.4 is 4.90 Å². The largest absolute Gasteiger partial charge is 0.396 e. The summed E-state index contributed by atoms with van der Waals surface area (Å²) in [5, 5.41) is 9.24. The summed E-state index contributed by atoms with van der Waals surface area (Å²) in [5.74, 6) is 0.342. The van der Waals surface area contributed by atoms with Crippen molar-refractivity contribution in [2.45, 2.75) is 13.8 Å². The Morgan fingerprint density at radius 3 is 2.44 bits per heavy atom. The highest BCUT2D eigenvalue weighted by Crippen LogP contribution is 2.20. The maximum absolute atomic E-state index is 13.5. The van der Waals surface area contributed by atoms with E-state index in [4.69, 9.17) is 0 Å². The summed E-state index contributed by atoms with van der Waals surface area (Å²) in [7, 11) is 1.85. The van der Waals surface area contributed by atoms with Crippen LogP contribution in [-0.2, 0) is 0 Å². The Kier molecular flexibility index (Phi) is 4.74. The summed E-state index contributed by atoms with van der Waals surface area (Å²) >= 11 is 0. The summed E-state index contributed by atoms with van der Waals surface area (Å²) in [6.07, 6.45) is 0. The predicted octanol–water partition coefficient (Wildman–Crippen LogP) is 2.53. The van der Waals surface area contributed by atoms with Crippen LogP contribution in [-0.4, -0.2) is 25.3 Å². The third-order valence-electron chi connectivity index (χ3n) is 2.95. The number of nitrogens with zero attached hydrogens (tertiary/aromatic N) is 1. The minimum atomic E-state index is -0.217. The van der Waals surface area contributed by atoms with E-state index in [1.807, 2.05) is 18.0 Å². The average molecular weight is 225 g/mol. The Hall–Kier alpha value is -1.09. The predicted molar refractivity (Wildman–Crippen MR) is 65.1 cm³/mol. The van der Waals surface area contributed by atoms with Crippen LogP contribution in [0.25, 0.3) is 0 Å². The van der Waals surface area contributed by atoms with Gasteiger partial charge in [-0.3, -0.25) is 0 Å². The minimum Gasteiger partial charge on any atom is -0.396 e. The molecule has 1 unspecified atom stereocenters. The Balaban J connectivity index is 2.72. The molecule has 16 heavy (non-hydrogen) atoms. The van der Waals surface area contributed by atoms with Crippen molar-refractivity contribution < 1.29 is 9.50 Å². The SMILES string of the molecule is CC(C)C(CO)CN(C)c1ccccc1F. The number of anilines is 1. The molecule has 0 heterocycles. The number of aliphatic hydroxyl groups excluding tert-OH is 1. The van der Waals surface area contributed by atoms with Gasteiger partial charge in [-0.1, -0.05) is 26.0 Å². The second kappa shape index (κ2) is 5.85. The molecule has 1 aromatic rings. The van der Waals surface area contributed by atoms with E-state index < -0.39 is 0 Å². The number of hydrogen-bond acceptors (Lipinski definition) is 2. The van der Waals surface area contributed by atoms with E-state index in [-0.39, 0.29) is 18.3 Å². The van der Waals surface area contributed by atoms with Crippen LogP contribution in [0, 0.1) is 17.7 Å². The van der Waals surface area contributed by atoms with Gasteiger partial charge in [-0.15, -0.1) is 0 Å². The zero-order valence-electron chi connectivity index (χ0n) is 10.2. The number of para-hydroxylation sites is 1. The molecule has 0 aliphatic carbocycles. The smallest absolute Gasteiger partial charge is 0.146 e. The first-order valence-corrected chi connectivity index (χ1v) is 5.62. The van der Waals surface area contributed by atoms with E-state index in [1.54, 1.807) is 12.1 Å². The number of aliphatic hydroxyl groups is 1. The first-order chi connectivity index (χ1) is 7.56. The molecule has 2 nitrogen and oxygen atoms in total. The lowest BCUT2D eigenvalue weighted by Gasteiger charge is -2.27. The van der Waals surface area contributed by atoms with Crippen LogP contribution in [0.1, 0.15) is 13.8 Å². The third-order valence-corrected chi connectivity index (χ3v) is 2.95. The normalized spacial score (nSPS) is 12.9. The molecule has 0 aliphatic heterocycles. The highest BCUT2D eigenvalue weighted by atomic mass is 19.1. The van der Waals surface area contributed by atoms with Crippen molar-refractivity contribution in [1.29, 1.82) is 0 Å². The fraction of sp³-hybridized carbons (Fsp3) is 0.538. The standard InChI is InChI=1S/C13H20FNO/c1-10(2)11(9-16)8-15(3)13-7-5-4-6-12(13)14/h4-7,10-11,16H,8-9H2,1-3H3. The van der Waals surface area contributed by atoms with Crippen molar-refractivity contribution in [3.63, 3.8) is 0 Å². The van der Waals surface area contributed by atoms with E-state index in [1.165, 1.54) is 6.07 Å². The fourth-order valence-corrected chi connectivity index (χ4v) is 1.69. The molecular weight excluding hydrogens is 205 g/mol. The van der Waals surface area contributed by atoms with Crippen molar-refractivity contribution in [2.75, 3.05) is 25.1 Å². The van der Waals surface area contributed by atoms with Crippen LogP contribution >= 0.6 is 0 Å². The molecule has 3 heteroatoms. The van der Waals surface area contributed by atoms with Crippen molar-refractivity contribution in [1.82, 2.24) is 0 Å². The molecule has 90 valence electrons. The quantitative estimate of drug-likeness (QED) is 0.832. The molecule has 1 aromatic carbocycles. The molecule has 0 fully saturated rings. The van der Waals surface area contributed by atoms with Crippen molar-refractivity contribution in [3.05, 3.63) is 30.1 Å². The van der Waals surface area contributed by atoms with Crippen LogP contribution in [0.2, 0.25) is 0 Å². The van der Waals surface area contributed by atoms with Crippen molar-refractivity contribution in [3.8, 4) is 0 Å². The molecular formula is C13H20FNO. The molecule has 1 rings (SSSR count). The molecule has 0 aliphatic rings. The second-order valence-electron chi connectivity index (χ2n) is 4.52. The van der Waals surface area contributed by atoms with Gasteiger partial charge >= 0.3 is 0 Å². The topological polar surface area (TPSA) is 23.5 Å². The van der Waals surface area contributed by atoms with E-state index in [9.17, 15) is 9.50 Å². The average Bonchev–Trinajstić information content (AvgIpc) is 2.25. The van der Waals surface area contributed by atoms with Gasteiger partial charge in [0, 0.05) is 26.1 Å². The first-order valence-electron chi connectivity index (χ1n) is 5.62. The van der Waals surface area contributed by atoms with Gasteiger partial charge in [0.25, 0.3) is 0 Å².